The van der Waals surface area contributed by atoms with E-state index in [1.807, 2.05) is 70.2 Å². The molecule has 182 valence electrons. The van der Waals surface area contributed by atoms with Gasteiger partial charge in [-0.15, -0.1) is 0 Å². The van der Waals surface area contributed by atoms with Crippen LogP contribution in [0.15, 0.2) is 48.5 Å². The summed E-state index contributed by atoms with van der Waals surface area (Å²) in [5.74, 6) is -0.748. The lowest BCUT2D eigenvalue weighted by Gasteiger charge is -2.38. The second-order valence-electron chi connectivity index (χ2n) is 10.0. The molecule has 35 heavy (non-hydrogen) atoms. The Balaban J connectivity index is 1.54. The molecule has 2 aliphatic rings. The van der Waals surface area contributed by atoms with Crippen LogP contribution in [0.1, 0.15) is 67.3 Å². The van der Waals surface area contributed by atoms with Gasteiger partial charge in [0.1, 0.15) is 12.1 Å². The minimum atomic E-state index is -0.718. The number of aromatic nitrogens is 1. The first-order valence-electron chi connectivity index (χ1n) is 12.4. The zero-order chi connectivity index (χ0) is 24.9. The van der Waals surface area contributed by atoms with Crippen molar-refractivity contribution in [3.05, 3.63) is 70.9 Å². The van der Waals surface area contributed by atoms with E-state index in [1.165, 1.54) is 0 Å². The average molecular weight is 473 g/mol. The summed E-state index contributed by atoms with van der Waals surface area (Å²) in [7, 11) is 0. The Kier molecular flexibility index (Phi) is 5.87. The second kappa shape index (κ2) is 8.87. The third-order valence-electron chi connectivity index (χ3n) is 7.40. The van der Waals surface area contributed by atoms with Crippen LogP contribution in [-0.2, 0) is 16.0 Å². The van der Waals surface area contributed by atoms with E-state index in [2.05, 4.69) is 21.7 Å². The second-order valence-corrected chi connectivity index (χ2v) is 10.0. The topological polar surface area (TPSA) is 94.3 Å². The van der Waals surface area contributed by atoms with Gasteiger partial charge in [0, 0.05) is 34.6 Å². The zero-order valence-electron chi connectivity index (χ0n) is 20.6. The largest absolute Gasteiger partial charge is 0.356 e. The van der Waals surface area contributed by atoms with Crippen LogP contribution >= 0.6 is 0 Å². The molecule has 5 rings (SSSR count). The first-order valence-corrected chi connectivity index (χ1v) is 12.4. The molecule has 0 saturated heterocycles. The van der Waals surface area contributed by atoms with Crippen molar-refractivity contribution in [2.75, 3.05) is 0 Å². The van der Waals surface area contributed by atoms with Crippen LogP contribution in [-0.4, -0.2) is 45.7 Å². The summed E-state index contributed by atoms with van der Waals surface area (Å²) in [5, 5.41) is 7.04. The first kappa shape index (κ1) is 23.1. The van der Waals surface area contributed by atoms with Crippen molar-refractivity contribution in [1.29, 1.82) is 0 Å². The van der Waals surface area contributed by atoms with Gasteiger partial charge in [-0.05, 0) is 42.5 Å². The molecular formula is C28H32N4O3. The zero-order valence-corrected chi connectivity index (χ0v) is 20.6. The Morgan fingerprint density at radius 1 is 1.06 bits per heavy atom. The third kappa shape index (κ3) is 3.79. The van der Waals surface area contributed by atoms with Crippen LogP contribution in [0, 0.1) is 5.92 Å². The lowest BCUT2D eigenvalue weighted by molar-refractivity contribution is -0.133. The summed E-state index contributed by atoms with van der Waals surface area (Å²) in [4.78, 5) is 45.5. The lowest BCUT2D eigenvalue weighted by atomic mass is 9.89. The number of rotatable bonds is 6. The fourth-order valence-electron chi connectivity index (χ4n) is 5.36. The van der Waals surface area contributed by atoms with Crippen LogP contribution in [0.5, 0.6) is 0 Å². The summed E-state index contributed by atoms with van der Waals surface area (Å²) in [6.07, 6.45) is 1.19. The Morgan fingerprint density at radius 2 is 1.77 bits per heavy atom. The predicted molar refractivity (Wildman–Crippen MR) is 135 cm³/mol. The molecule has 4 atom stereocenters. The fourth-order valence-corrected chi connectivity index (χ4v) is 5.36. The van der Waals surface area contributed by atoms with Gasteiger partial charge in [0.15, 0.2) is 0 Å². The molecule has 7 heteroatoms. The van der Waals surface area contributed by atoms with Crippen LogP contribution in [0.2, 0.25) is 0 Å². The van der Waals surface area contributed by atoms with Gasteiger partial charge < -0.3 is 20.5 Å². The van der Waals surface area contributed by atoms with Crippen LogP contribution < -0.4 is 10.6 Å². The number of carbonyl (C=O) groups excluding carboxylic acids is 3. The molecule has 2 aromatic carbocycles. The van der Waals surface area contributed by atoms with E-state index in [1.54, 1.807) is 4.90 Å². The number of benzene rings is 2. The molecule has 0 spiro atoms. The van der Waals surface area contributed by atoms with Gasteiger partial charge in [0.05, 0.1) is 6.04 Å². The van der Waals surface area contributed by atoms with E-state index in [-0.39, 0.29) is 35.7 Å². The first-order chi connectivity index (χ1) is 16.8. The van der Waals surface area contributed by atoms with Crippen molar-refractivity contribution in [2.45, 2.75) is 64.7 Å². The Bertz CT molecular complexity index is 1310. The number of nitrogens with one attached hydrogen (secondary N) is 3. The monoisotopic (exact) mass is 472 g/mol. The number of carbonyl (C=O) groups is 3. The number of amides is 3. The summed E-state index contributed by atoms with van der Waals surface area (Å²) in [6, 6.07) is 13.8. The highest BCUT2D eigenvalue weighted by molar-refractivity contribution is 6.04. The maximum Gasteiger partial charge on any atom is 0.255 e. The van der Waals surface area contributed by atoms with Crippen molar-refractivity contribution in [3.8, 4) is 0 Å². The van der Waals surface area contributed by atoms with E-state index >= 15 is 0 Å². The van der Waals surface area contributed by atoms with Crippen molar-refractivity contribution < 1.29 is 14.4 Å². The summed E-state index contributed by atoms with van der Waals surface area (Å²) in [6.45, 7) is 7.78. The molecule has 3 aromatic rings. The standard InChI is InChI=1S/C28H32N4O3/c1-5-16(4)29-27(34)23(15(2)3)31-26(33)22-14-20-17-10-8-9-13-21(17)30-24(20)25-18-11-6-7-12-19(18)28(35)32(22)25/h6-13,15-16,22-23,25,30H,5,14H2,1-4H3,(H,29,34)(H,31,33)/t16-,22-,23+,25-/m0/s1. The number of fused-ring (bicyclic) bond motifs is 7. The summed E-state index contributed by atoms with van der Waals surface area (Å²) < 4.78 is 0. The van der Waals surface area contributed by atoms with Crippen LogP contribution in [0.4, 0.5) is 0 Å². The molecule has 3 heterocycles. The van der Waals surface area contributed by atoms with E-state index in [0.29, 0.717) is 12.0 Å². The molecule has 2 aliphatic heterocycles. The normalized spacial score (nSPS) is 20.3. The molecule has 3 N–H and O–H groups in total. The van der Waals surface area contributed by atoms with E-state index in [4.69, 9.17) is 0 Å². The Morgan fingerprint density at radius 3 is 2.51 bits per heavy atom. The van der Waals surface area contributed by atoms with Gasteiger partial charge >= 0.3 is 0 Å². The maximum atomic E-state index is 13.8. The van der Waals surface area contributed by atoms with E-state index < -0.39 is 12.1 Å². The van der Waals surface area contributed by atoms with Crippen molar-refractivity contribution in [3.63, 3.8) is 0 Å². The smallest absolute Gasteiger partial charge is 0.255 e. The van der Waals surface area contributed by atoms with Gasteiger partial charge in [0.25, 0.3) is 5.91 Å². The van der Waals surface area contributed by atoms with Crippen molar-refractivity contribution >= 4 is 28.6 Å². The molecule has 3 amide bonds. The van der Waals surface area contributed by atoms with Crippen molar-refractivity contribution in [1.82, 2.24) is 20.5 Å². The predicted octanol–water partition coefficient (Wildman–Crippen LogP) is 3.69. The molecule has 0 fully saturated rings. The number of aromatic amines is 1. The van der Waals surface area contributed by atoms with Crippen LogP contribution in [0.3, 0.4) is 0 Å². The minimum Gasteiger partial charge on any atom is -0.356 e. The van der Waals surface area contributed by atoms with E-state index in [9.17, 15) is 14.4 Å². The number of hydrogen-bond donors (Lipinski definition) is 3. The van der Waals surface area contributed by atoms with Gasteiger partial charge in [-0.1, -0.05) is 57.2 Å². The molecule has 0 radical (unpaired) electrons. The number of H-pyrrole nitrogens is 1. The SMILES string of the molecule is CC[C@H](C)NC(=O)[C@H](NC(=O)[C@@H]1Cc2c([nH]c3ccccc23)[C@@H]2c3ccccc3C(=O)N21)C(C)C. The van der Waals surface area contributed by atoms with Gasteiger partial charge in [-0.25, -0.2) is 0 Å². The molecule has 0 saturated carbocycles. The molecule has 0 aliphatic carbocycles. The third-order valence-corrected chi connectivity index (χ3v) is 7.40. The minimum absolute atomic E-state index is 0.0168. The summed E-state index contributed by atoms with van der Waals surface area (Å²) in [5.41, 5.74) is 4.53. The summed E-state index contributed by atoms with van der Waals surface area (Å²) >= 11 is 0. The van der Waals surface area contributed by atoms with Gasteiger partial charge in [0.2, 0.25) is 11.8 Å². The average Bonchev–Trinajstić information content (AvgIpc) is 3.37. The molecular weight excluding hydrogens is 440 g/mol. The fraction of sp³-hybridized carbons (Fsp3) is 0.393. The lowest BCUT2D eigenvalue weighted by Crippen LogP contribution is -2.58. The van der Waals surface area contributed by atoms with Crippen molar-refractivity contribution in [2.24, 2.45) is 5.92 Å². The highest BCUT2D eigenvalue weighted by Crippen LogP contribution is 2.46. The maximum absolute atomic E-state index is 13.8. The van der Waals surface area contributed by atoms with Crippen LogP contribution in [0.25, 0.3) is 10.9 Å². The van der Waals surface area contributed by atoms with E-state index in [0.717, 1.165) is 34.1 Å². The van der Waals surface area contributed by atoms with Gasteiger partial charge in [-0.2, -0.15) is 0 Å². The highest BCUT2D eigenvalue weighted by atomic mass is 16.2. The Hall–Kier alpha value is -3.61. The molecule has 0 unspecified atom stereocenters. The Labute approximate surface area is 205 Å². The number of nitrogens with zero attached hydrogens (tertiary/aromatic N) is 1. The molecule has 1 aromatic heterocycles. The highest BCUT2D eigenvalue weighted by Gasteiger charge is 2.49. The quantitative estimate of drug-likeness (QED) is 0.511. The molecule has 7 nitrogen and oxygen atoms in total. The number of para-hydroxylation sites is 1. The molecule has 0 bridgehead atoms. The van der Waals surface area contributed by atoms with Gasteiger partial charge in [-0.3, -0.25) is 14.4 Å². The number of hydrogen-bond acceptors (Lipinski definition) is 3.